The van der Waals surface area contributed by atoms with Gasteiger partial charge in [-0.2, -0.15) is 0 Å². The molecular formula is C18H32O. The Bertz CT molecular complexity index is 319. The molecule has 1 aliphatic rings. The molecule has 19 heavy (non-hydrogen) atoms. The second kappa shape index (κ2) is 11.0. The lowest BCUT2D eigenvalue weighted by molar-refractivity contribution is 0.151. The van der Waals surface area contributed by atoms with Crippen molar-refractivity contribution in [3.05, 3.63) is 35.4 Å². The largest absolute Gasteiger partial charge is 0.381 e. The van der Waals surface area contributed by atoms with Gasteiger partial charge >= 0.3 is 0 Å². The summed E-state index contributed by atoms with van der Waals surface area (Å²) in [6.45, 7) is 14.0. The summed E-state index contributed by atoms with van der Waals surface area (Å²) in [5, 5.41) is 0. The first-order valence-corrected chi connectivity index (χ1v) is 7.98. The van der Waals surface area contributed by atoms with Crippen molar-refractivity contribution in [3.63, 3.8) is 0 Å². The fraction of sp³-hybridized carbons (Fsp3) is 0.667. The fourth-order valence-electron chi connectivity index (χ4n) is 2.10. The average Bonchev–Trinajstić information content (AvgIpc) is 3.21. The molecule has 0 saturated heterocycles. The van der Waals surface area contributed by atoms with E-state index in [2.05, 4.69) is 31.2 Å². The van der Waals surface area contributed by atoms with Crippen LogP contribution in [0.25, 0.3) is 0 Å². The van der Waals surface area contributed by atoms with E-state index in [-0.39, 0.29) is 0 Å². The molecule has 1 aromatic carbocycles. The highest BCUT2D eigenvalue weighted by molar-refractivity contribution is 5.30. The second-order valence-electron chi connectivity index (χ2n) is 4.51. The van der Waals surface area contributed by atoms with Crippen LogP contribution in [0, 0.1) is 5.92 Å². The lowest BCUT2D eigenvalue weighted by atomic mass is 10.0. The van der Waals surface area contributed by atoms with E-state index in [1.807, 2.05) is 34.6 Å². The van der Waals surface area contributed by atoms with Crippen LogP contribution in [0.3, 0.4) is 0 Å². The summed E-state index contributed by atoms with van der Waals surface area (Å²) >= 11 is 0. The van der Waals surface area contributed by atoms with Crippen molar-refractivity contribution >= 4 is 0 Å². The Morgan fingerprint density at radius 3 is 2.32 bits per heavy atom. The molecule has 0 heterocycles. The Kier molecular flexibility index (Phi) is 10.6. The van der Waals surface area contributed by atoms with Crippen LogP contribution in [0.15, 0.2) is 24.3 Å². The Labute approximate surface area is 120 Å². The molecule has 0 bridgehead atoms. The van der Waals surface area contributed by atoms with E-state index < -0.39 is 0 Å². The van der Waals surface area contributed by atoms with E-state index >= 15 is 0 Å². The summed E-state index contributed by atoms with van der Waals surface area (Å²) in [7, 11) is 0. The third-order valence-electron chi connectivity index (χ3n) is 3.23. The molecule has 1 saturated carbocycles. The van der Waals surface area contributed by atoms with Gasteiger partial charge < -0.3 is 4.74 Å². The predicted molar refractivity (Wildman–Crippen MR) is 85.9 cm³/mol. The van der Waals surface area contributed by atoms with Crippen LogP contribution >= 0.6 is 0 Å². The summed E-state index contributed by atoms with van der Waals surface area (Å²) in [6, 6.07) is 9.00. The van der Waals surface area contributed by atoms with Gasteiger partial charge in [0.2, 0.25) is 0 Å². The highest BCUT2D eigenvalue weighted by atomic mass is 16.5. The standard InChI is InChI=1S/C14H20O.2C2H6/c1-3-15-8-7-12-5-4-6-13(10-12)14-9-11(14)2;2*1-2/h4-6,10-11,14H,3,7-9H2,1-2H3;2*1-2H3. The Morgan fingerprint density at radius 2 is 1.79 bits per heavy atom. The van der Waals surface area contributed by atoms with Crippen LogP contribution in [-0.4, -0.2) is 13.2 Å². The number of rotatable bonds is 5. The van der Waals surface area contributed by atoms with Crippen LogP contribution in [0.5, 0.6) is 0 Å². The van der Waals surface area contributed by atoms with Gasteiger partial charge in [-0.3, -0.25) is 0 Å². The lowest BCUT2D eigenvalue weighted by Gasteiger charge is -2.04. The van der Waals surface area contributed by atoms with Crippen molar-refractivity contribution < 1.29 is 4.74 Å². The number of benzene rings is 1. The fourth-order valence-corrected chi connectivity index (χ4v) is 2.10. The maximum absolute atomic E-state index is 5.37. The first-order chi connectivity index (χ1) is 9.31. The zero-order valence-electron chi connectivity index (χ0n) is 13.7. The minimum atomic E-state index is 0.819. The van der Waals surface area contributed by atoms with Crippen molar-refractivity contribution in [1.29, 1.82) is 0 Å². The molecule has 2 unspecified atom stereocenters. The number of hydrogen-bond donors (Lipinski definition) is 0. The SMILES string of the molecule is CC.CC.CCOCCc1cccc(C2CC2C)c1. The van der Waals surface area contributed by atoms with E-state index in [1.54, 1.807) is 0 Å². The lowest BCUT2D eigenvalue weighted by Crippen LogP contribution is -1.98. The summed E-state index contributed by atoms with van der Waals surface area (Å²) in [5.41, 5.74) is 2.94. The topological polar surface area (TPSA) is 9.23 Å². The smallest absolute Gasteiger partial charge is 0.0506 e. The van der Waals surface area contributed by atoms with Gasteiger partial charge in [0.25, 0.3) is 0 Å². The van der Waals surface area contributed by atoms with E-state index in [1.165, 1.54) is 17.5 Å². The third kappa shape index (κ3) is 6.77. The summed E-state index contributed by atoms with van der Waals surface area (Å²) in [5.74, 6) is 1.73. The van der Waals surface area contributed by atoms with E-state index in [0.29, 0.717) is 0 Å². The highest BCUT2D eigenvalue weighted by Gasteiger charge is 2.33. The average molecular weight is 264 g/mol. The number of hydrogen-bond acceptors (Lipinski definition) is 1. The van der Waals surface area contributed by atoms with Crippen LogP contribution in [0.1, 0.15) is 65.0 Å². The summed E-state index contributed by atoms with van der Waals surface area (Å²) < 4.78 is 5.37. The molecule has 0 N–H and O–H groups in total. The van der Waals surface area contributed by atoms with E-state index in [0.717, 1.165) is 31.5 Å². The Morgan fingerprint density at radius 1 is 1.16 bits per heavy atom. The van der Waals surface area contributed by atoms with Crippen LogP contribution in [0.2, 0.25) is 0 Å². The molecule has 0 amide bonds. The van der Waals surface area contributed by atoms with Gasteiger partial charge in [0.05, 0.1) is 6.61 Å². The van der Waals surface area contributed by atoms with Crippen molar-refractivity contribution in [2.75, 3.05) is 13.2 Å². The quantitative estimate of drug-likeness (QED) is 0.643. The van der Waals surface area contributed by atoms with Crippen LogP contribution in [-0.2, 0) is 11.2 Å². The third-order valence-corrected chi connectivity index (χ3v) is 3.23. The molecule has 1 heteroatoms. The normalized spacial score (nSPS) is 19.7. The van der Waals surface area contributed by atoms with Crippen LogP contribution in [0.4, 0.5) is 0 Å². The van der Waals surface area contributed by atoms with Crippen molar-refractivity contribution in [2.45, 2.75) is 60.3 Å². The second-order valence-corrected chi connectivity index (χ2v) is 4.51. The molecule has 2 atom stereocenters. The van der Waals surface area contributed by atoms with Crippen molar-refractivity contribution in [1.82, 2.24) is 0 Å². The molecule has 1 aliphatic carbocycles. The maximum atomic E-state index is 5.37. The predicted octanol–water partition coefficient (Wildman–Crippen LogP) is 5.44. The minimum absolute atomic E-state index is 0.819. The molecule has 110 valence electrons. The van der Waals surface area contributed by atoms with E-state index in [4.69, 9.17) is 4.74 Å². The first-order valence-electron chi connectivity index (χ1n) is 7.98. The molecule has 0 spiro atoms. The molecule has 1 nitrogen and oxygen atoms in total. The molecule has 0 aromatic heterocycles. The zero-order valence-corrected chi connectivity index (χ0v) is 13.7. The van der Waals surface area contributed by atoms with Crippen molar-refractivity contribution in [3.8, 4) is 0 Å². The molecule has 0 radical (unpaired) electrons. The van der Waals surface area contributed by atoms with Gasteiger partial charge in [-0.05, 0) is 42.7 Å². The zero-order chi connectivity index (χ0) is 14.7. The van der Waals surface area contributed by atoms with Crippen molar-refractivity contribution in [2.24, 2.45) is 5.92 Å². The Hall–Kier alpha value is -0.820. The minimum Gasteiger partial charge on any atom is -0.381 e. The first kappa shape index (κ1) is 18.2. The molecular weight excluding hydrogens is 232 g/mol. The molecule has 2 rings (SSSR count). The molecule has 1 aromatic rings. The summed E-state index contributed by atoms with van der Waals surface area (Å²) in [6.07, 6.45) is 2.41. The van der Waals surface area contributed by atoms with Gasteiger partial charge in [0, 0.05) is 6.61 Å². The Balaban J connectivity index is 0.000000741. The van der Waals surface area contributed by atoms with Gasteiger partial charge in [0.15, 0.2) is 0 Å². The van der Waals surface area contributed by atoms with Gasteiger partial charge in [0.1, 0.15) is 0 Å². The van der Waals surface area contributed by atoms with E-state index in [9.17, 15) is 0 Å². The summed E-state index contributed by atoms with van der Waals surface area (Å²) in [4.78, 5) is 0. The van der Waals surface area contributed by atoms with Gasteiger partial charge in [-0.1, -0.05) is 58.9 Å². The van der Waals surface area contributed by atoms with Gasteiger partial charge in [-0.15, -0.1) is 0 Å². The van der Waals surface area contributed by atoms with Crippen LogP contribution < -0.4 is 0 Å². The van der Waals surface area contributed by atoms with Gasteiger partial charge in [-0.25, -0.2) is 0 Å². The molecule has 0 aliphatic heterocycles. The monoisotopic (exact) mass is 264 g/mol. The molecule has 1 fully saturated rings. The number of ether oxygens (including phenoxy) is 1. The maximum Gasteiger partial charge on any atom is 0.0506 e. The highest BCUT2D eigenvalue weighted by Crippen LogP contribution is 2.46.